The molecule has 1 aromatic carbocycles. The zero-order valence-electron chi connectivity index (χ0n) is 10.7. The molecule has 0 bridgehead atoms. The average Bonchev–Trinajstić information content (AvgIpc) is 2.91. The van der Waals surface area contributed by atoms with E-state index in [4.69, 9.17) is 16.3 Å². The number of nitrogens with zero attached hydrogens (tertiary/aromatic N) is 1. The van der Waals surface area contributed by atoms with Crippen molar-refractivity contribution in [1.82, 2.24) is 15.3 Å². The molecule has 2 N–H and O–H groups in total. The van der Waals surface area contributed by atoms with Gasteiger partial charge in [0.05, 0.1) is 11.1 Å². The standard InChI is InChI=1S/C13H13ClFN3O2/c1-8(13-16-4-5-17-13)18-12(19)7-20-11-3-2-9(15)6-10(11)14/h2-6,8H,7H2,1H3,(H,16,17)(H,18,19). The van der Waals surface area contributed by atoms with E-state index in [1.165, 1.54) is 12.1 Å². The van der Waals surface area contributed by atoms with Crippen LogP contribution in [0.4, 0.5) is 4.39 Å². The lowest BCUT2D eigenvalue weighted by Crippen LogP contribution is -2.31. The van der Waals surface area contributed by atoms with Gasteiger partial charge in [0.15, 0.2) is 6.61 Å². The lowest BCUT2D eigenvalue weighted by molar-refractivity contribution is -0.123. The number of aromatic nitrogens is 2. The molecule has 0 spiro atoms. The largest absolute Gasteiger partial charge is 0.482 e. The molecule has 0 saturated heterocycles. The number of aromatic amines is 1. The normalized spacial score (nSPS) is 11.9. The van der Waals surface area contributed by atoms with Gasteiger partial charge in [0, 0.05) is 12.4 Å². The van der Waals surface area contributed by atoms with Gasteiger partial charge >= 0.3 is 0 Å². The van der Waals surface area contributed by atoms with Gasteiger partial charge in [-0.25, -0.2) is 9.37 Å². The van der Waals surface area contributed by atoms with Crippen LogP contribution in [0.2, 0.25) is 5.02 Å². The average molecular weight is 298 g/mol. The molecule has 7 heteroatoms. The minimum absolute atomic E-state index is 0.122. The Balaban J connectivity index is 1.86. The highest BCUT2D eigenvalue weighted by Gasteiger charge is 2.12. The molecule has 2 aromatic rings. The Morgan fingerprint density at radius 3 is 3.05 bits per heavy atom. The molecule has 106 valence electrons. The second kappa shape index (κ2) is 6.38. The molecule has 20 heavy (non-hydrogen) atoms. The summed E-state index contributed by atoms with van der Waals surface area (Å²) in [4.78, 5) is 18.6. The summed E-state index contributed by atoms with van der Waals surface area (Å²) in [5, 5.41) is 2.83. The lowest BCUT2D eigenvalue weighted by Gasteiger charge is -2.12. The van der Waals surface area contributed by atoms with Crippen molar-refractivity contribution in [1.29, 1.82) is 0 Å². The van der Waals surface area contributed by atoms with Crippen molar-refractivity contribution in [2.45, 2.75) is 13.0 Å². The van der Waals surface area contributed by atoms with E-state index in [1.54, 1.807) is 19.3 Å². The Labute approximate surface area is 120 Å². The Hall–Kier alpha value is -2.08. The maximum absolute atomic E-state index is 12.8. The first-order valence-electron chi connectivity index (χ1n) is 5.92. The Kier molecular flexibility index (Phi) is 4.57. The third-order valence-electron chi connectivity index (χ3n) is 2.56. The molecule has 0 saturated carbocycles. The molecule has 2 rings (SSSR count). The van der Waals surface area contributed by atoms with Crippen LogP contribution in [0.3, 0.4) is 0 Å². The number of amides is 1. The fourth-order valence-corrected chi connectivity index (χ4v) is 1.82. The van der Waals surface area contributed by atoms with Crippen molar-refractivity contribution in [3.63, 3.8) is 0 Å². The first-order valence-corrected chi connectivity index (χ1v) is 6.30. The van der Waals surface area contributed by atoms with Crippen LogP contribution in [0, 0.1) is 5.82 Å². The summed E-state index contributed by atoms with van der Waals surface area (Å²) in [6.45, 7) is 1.58. The van der Waals surface area contributed by atoms with Crippen molar-refractivity contribution in [2.24, 2.45) is 0 Å². The number of ether oxygens (including phenoxy) is 1. The smallest absolute Gasteiger partial charge is 0.258 e. The summed E-state index contributed by atoms with van der Waals surface area (Å²) in [6, 6.07) is 3.45. The molecule has 0 aliphatic rings. The molecule has 1 amide bonds. The van der Waals surface area contributed by atoms with Crippen LogP contribution < -0.4 is 10.1 Å². The third-order valence-corrected chi connectivity index (χ3v) is 2.86. The highest BCUT2D eigenvalue weighted by Crippen LogP contribution is 2.24. The minimum Gasteiger partial charge on any atom is -0.482 e. The third kappa shape index (κ3) is 3.71. The number of carbonyl (C=O) groups excluding carboxylic acids is 1. The number of carbonyl (C=O) groups is 1. The van der Waals surface area contributed by atoms with Crippen LogP contribution in [0.15, 0.2) is 30.6 Å². The van der Waals surface area contributed by atoms with Gasteiger partial charge in [0.25, 0.3) is 5.91 Å². The van der Waals surface area contributed by atoms with Crippen molar-refractivity contribution in [3.05, 3.63) is 47.3 Å². The molecule has 0 fully saturated rings. The number of rotatable bonds is 5. The van der Waals surface area contributed by atoms with Crippen molar-refractivity contribution in [3.8, 4) is 5.75 Å². The molecule has 1 atom stereocenters. The van der Waals surface area contributed by atoms with Crippen LogP contribution in [0.25, 0.3) is 0 Å². The monoisotopic (exact) mass is 297 g/mol. The lowest BCUT2D eigenvalue weighted by atomic mass is 10.3. The van der Waals surface area contributed by atoms with Gasteiger partial charge < -0.3 is 15.0 Å². The van der Waals surface area contributed by atoms with Crippen LogP contribution in [-0.4, -0.2) is 22.5 Å². The number of imidazole rings is 1. The van der Waals surface area contributed by atoms with Gasteiger partial charge in [-0.05, 0) is 25.1 Å². The maximum Gasteiger partial charge on any atom is 0.258 e. The second-order valence-corrected chi connectivity index (χ2v) is 4.53. The summed E-state index contributed by atoms with van der Waals surface area (Å²) in [5.41, 5.74) is 0. The summed E-state index contributed by atoms with van der Waals surface area (Å²) in [7, 11) is 0. The molecular weight excluding hydrogens is 285 g/mol. The topological polar surface area (TPSA) is 67.0 Å². The molecule has 0 aliphatic carbocycles. The number of H-pyrrole nitrogens is 1. The minimum atomic E-state index is -0.460. The highest BCUT2D eigenvalue weighted by atomic mass is 35.5. The van der Waals surface area contributed by atoms with Gasteiger partial charge in [-0.2, -0.15) is 0 Å². The number of hydrogen-bond donors (Lipinski definition) is 2. The Morgan fingerprint density at radius 2 is 2.40 bits per heavy atom. The number of nitrogens with one attached hydrogen (secondary N) is 2. The van der Waals surface area contributed by atoms with Crippen molar-refractivity contribution >= 4 is 17.5 Å². The molecule has 0 aliphatic heterocycles. The highest BCUT2D eigenvalue weighted by molar-refractivity contribution is 6.32. The molecular formula is C13H13ClFN3O2. The Bertz CT molecular complexity index is 589. The van der Waals surface area contributed by atoms with E-state index < -0.39 is 5.82 Å². The SMILES string of the molecule is CC(NC(=O)COc1ccc(F)cc1Cl)c1ncc[nH]1. The van der Waals surface area contributed by atoms with Gasteiger partial charge in [0.1, 0.15) is 17.4 Å². The predicted molar refractivity (Wildman–Crippen MR) is 72.1 cm³/mol. The fraction of sp³-hybridized carbons (Fsp3) is 0.231. The second-order valence-electron chi connectivity index (χ2n) is 4.13. The van der Waals surface area contributed by atoms with Crippen LogP contribution >= 0.6 is 11.6 Å². The zero-order chi connectivity index (χ0) is 14.5. The first kappa shape index (κ1) is 14.3. The summed E-state index contributed by atoms with van der Waals surface area (Å²) in [6.07, 6.45) is 3.28. The molecule has 1 unspecified atom stereocenters. The van der Waals surface area contributed by atoms with E-state index >= 15 is 0 Å². The van der Waals surface area contributed by atoms with Crippen LogP contribution in [0.1, 0.15) is 18.8 Å². The molecule has 5 nitrogen and oxygen atoms in total. The molecule has 1 heterocycles. The van der Waals surface area contributed by atoms with E-state index in [0.29, 0.717) is 5.82 Å². The van der Waals surface area contributed by atoms with E-state index in [2.05, 4.69) is 15.3 Å². The Morgan fingerprint density at radius 1 is 1.60 bits per heavy atom. The van der Waals surface area contributed by atoms with Gasteiger partial charge in [0.2, 0.25) is 0 Å². The van der Waals surface area contributed by atoms with E-state index in [9.17, 15) is 9.18 Å². The summed E-state index contributed by atoms with van der Waals surface area (Å²) >= 11 is 5.79. The van der Waals surface area contributed by atoms with Gasteiger partial charge in [-0.3, -0.25) is 4.79 Å². The number of halogens is 2. The first-order chi connectivity index (χ1) is 9.56. The van der Waals surface area contributed by atoms with E-state index in [1.807, 2.05) is 0 Å². The van der Waals surface area contributed by atoms with Crippen LogP contribution in [-0.2, 0) is 4.79 Å². The quantitative estimate of drug-likeness (QED) is 0.891. The fourth-order valence-electron chi connectivity index (χ4n) is 1.60. The van der Waals surface area contributed by atoms with E-state index in [0.717, 1.165) is 6.07 Å². The summed E-state index contributed by atoms with van der Waals surface area (Å²) in [5.74, 6) is 0.125. The number of benzene rings is 1. The maximum atomic E-state index is 12.8. The molecule has 0 radical (unpaired) electrons. The molecule has 1 aromatic heterocycles. The van der Waals surface area contributed by atoms with Gasteiger partial charge in [-0.15, -0.1) is 0 Å². The van der Waals surface area contributed by atoms with Gasteiger partial charge in [-0.1, -0.05) is 11.6 Å². The summed E-state index contributed by atoms with van der Waals surface area (Å²) < 4.78 is 18.1. The predicted octanol–water partition coefficient (Wildman–Crippen LogP) is 2.46. The number of hydrogen-bond acceptors (Lipinski definition) is 3. The van der Waals surface area contributed by atoms with E-state index in [-0.39, 0.29) is 29.3 Å². The zero-order valence-corrected chi connectivity index (χ0v) is 11.4. The van der Waals surface area contributed by atoms with Crippen molar-refractivity contribution < 1.29 is 13.9 Å². The van der Waals surface area contributed by atoms with Crippen LogP contribution in [0.5, 0.6) is 5.75 Å². The van der Waals surface area contributed by atoms with Crippen molar-refractivity contribution in [2.75, 3.05) is 6.61 Å².